The number of amides is 3. The zero-order chi connectivity index (χ0) is 15.1. The number of urea groups is 1. The van der Waals surface area contributed by atoms with Crippen LogP contribution in [0.3, 0.4) is 0 Å². The Morgan fingerprint density at radius 2 is 1.95 bits per heavy atom. The third kappa shape index (κ3) is 5.46. The second-order valence-corrected chi connectivity index (χ2v) is 5.36. The maximum Gasteiger partial charge on any atom is 0.317 e. The zero-order valence-corrected chi connectivity index (χ0v) is 11.8. The first-order valence-corrected chi connectivity index (χ1v) is 6.94. The van der Waals surface area contributed by atoms with Crippen molar-refractivity contribution in [3.05, 3.63) is 0 Å². The number of nitrogens with two attached hydrogens (primary N) is 1. The third-order valence-electron chi connectivity index (χ3n) is 3.67. The summed E-state index contributed by atoms with van der Waals surface area (Å²) in [5.41, 5.74) is 5.16. The van der Waals surface area contributed by atoms with Crippen molar-refractivity contribution in [2.75, 3.05) is 19.6 Å². The van der Waals surface area contributed by atoms with E-state index in [1.807, 2.05) is 0 Å². The fraction of sp³-hybridized carbons (Fsp3) is 0.769. The molecule has 1 unspecified atom stereocenters. The first kappa shape index (κ1) is 16.3. The summed E-state index contributed by atoms with van der Waals surface area (Å²) in [6.45, 7) is 3.19. The molecule has 0 aromatic heterocycles. The number of aliphatic carboxylic acids is 1. The van der Waals surface area contributed by atoms with Crippen molar-refractivity contribution in [2.24, 2.45) is 17.6 Å². The Morgan fingerprint density at radius 1 is 1.35 bits per heavy atom. The summed E-state index contributed by atoms with van der Waals surface area (Å²) >= 11 is 0. The Labute approximate surface area is 118 Å². The Kier molecular flexibility index (Phi) is 6.27. The molecule has 0 radical (unpaired) electrons. The van der Waals surface area contributed by atoms with Gasteiger partial charge in [0.25, 0.3) is 0 Å². The molecule has 0 bridgehead atoms. The van der Waals surface area contributed by atoms with Gasteiger partial charge in [0.2, 0.25) is 5.91 Å². The molecule has 1 saturated heterocycles. The Morgan fingerprint density at radius 3 is 2.45 bits per heavy atom. The minimum Gasteiger partial charge on any atom is -0.481 e. The molecule has 0 aromatic carbocycles. The minimum atomic E-state index is -0.855. The van der Waals surface area contributed by atoms with Gasteiger partial charge < -0.3 is 21.1 Å². The van der Waals surface area contributed by atoms with Crippen LogP contribution in [0.15, 0.2) is 0 Å². The molecule has 0 spiro atoms. The summed E-state index contributed by atoms with van der Waals surface area (Å²) < 4.78 is 0. The number of carboxylic acids is 1. The number of carbonyl (C=O) groups excluding carboxylic acids is 2. The van der Waals surface area contributed by atoms with E-state index in [1.54, 1.807) is 11.8 Å². The van der Waals surface area contributed by atoms with Crippen molar-refractivity contribution in [3.8, 4) is 0 Å². The average molecular weight is 285 g/mol. The quantitative estimate of drug-likeness (QED) is 0.655. The topological polar surface area (TPSA) is 113 Å². The molecular formula is C13H23N3O4. The molecule has 0 aliphatic carbocycles. The van der Waals surface area contributed by atoms with Gasteiger partial charge in [-0.05, 0) is 25.2 Å². The lowest BCUT2D eigenvalue weighted by Crippen LogP contribution is -2.45. The molecule has 1 fully saturated rings. The van der Waals surface area contributed by atoms with E-state index in [1.165, 1.54) is 0 Å². The monoisotopic (exact) mass is 285 g/mol. The Balaban J connectivity index is 2.22. The fourth-order valence-electron chi connectivity index (χ4n) is 2.26. The number of carbonyl (C=O) groups is 3. The van der Waals surface area contributed by atoms with E-state index in [0.29, 0.717) is 32.5 Å². The van der Waals surface area contributed by atoms with E-state index < -0.39 is 11.9 Å². The summed E-state index contributed by atoms with van der Waals surface area (Å²) in [7, 11) is 0. The highest BCUT2D eigenvalue weighted by atomic mass is 16.4. The van der Waals surface area contributed by atoms with Gasteiger partial charge in [0.1, 0.15) is 0 Å². The van der Waals surface area contributed by atoms with Crippen molar-refractivity contribution in [3.63, 3.8) is 0 Å². The van der Waals surface area contributed by atoms with Gasteiger partial charge in [0.15, 0.2) is 0 Å². The molecule has 3 amide bonds. The average Bonchev–Trinajstić information content (AvgIpc) is 2.38. The summed E-state index contributed by atoms with van der Waals surface area (Å²) in [4.78, 5) is 35.0. The molecule has 1 atom stereocenters. The molecular weight excluding hydrogens is 262 g/mol. The van der Waals surface area contributed by atoms with E-state index in [2.05, 4.69) is 5.32 Å². The maximum atomic E-state index is 11.9. The maximum absolute atomic E-state index is 11.9. The number of hydrogen-bond acceptors (Lipinski definition) is 3. The molecule has 7 heteroatoms. The van der Waals surface area contributed by atoms with E-state index in [-0.39, 0.29) is 17.9 Å². The lowest BCUT2D eigenvalue weighted by atomic mass is 9.93. The van der Waals surface area contributed by atoms with Crippen LogP contribution in [-0.4, -0.2) is 47.5 Å². The zero-order valence-electron chi connectivity index (χ0n) is 11.8. The van der Waals surface area contributed by atoms with Crippen LogP contribution in [0.1, 0.15) is 32.6 Å². The summed E-state index contributed by atoms with van der Waals surface area (Å²) in [5.74, 6) is -1.35. The number of piperidine rings is 1. The normalized spacial score (nSPS) is 17.6. The fourth-order valence-corrected chi connectivity index (χ4v) is 2.26. The molecule has 1 aliphatic rings. The van der Waals surface area contributed by atoms with Crippen LogP contribution < -0.4 is 11.1 Å². The number of nitrogens with zero attached hydrogens (tertiary/aromatic N) is 1. The van der Waals surface area contributed by atoms with Gasteiger partial charge in [-0.15, -0.1) is 0 Å². The Bertz CT molecular complexity index is 365. The van der Waals surface area contributed by atoms with Crippen LogP contribution in [0, 0.1) is 11.8 Å². The van der Waals surface area contributed by atoms with E-state index in [4.69, 9.17) is 10.8 Å². The van der Waals surface area contributed by atoms with Crippen molar-refractivity contribution in [1.82, 2.24) is 10.2 Å². The molecule has 20 heavy (non-hydrogen) atoms. The molecule has 0 aromatic rings. The summed E-state index contributed by atoms with van der Waals surface area (Å²) in [5, 5.41) is 11.5. The molecule has 4 N–H and O–H groups in total. The van der Waals surface area contributed by atoms with Crippen molar-refractivity contribution in [1.29, 1.82) is 0 Å². The first-order valence-electron chi connectivity index (χ1n) is 6.94. The molecule has 1 rings (SSSR count). The number of primary amides is 1. The van der Waals surface area contributed by atoms with Gasteiger partial charge in [-0.3, -0.25) is 9.59 Å². The predicted octanol–water partition coefficient (Wildman–Crippen LogP) is 0.394. The third-order valence-corrected chi connectivity index (χ3v) is 3.67. The highest BCUT2D eigenvalue weighted by Crippen LogP contribution is 2.20. The van der Waals surface area contributed by atoms with Gasteiger partial charge in [-0.25, -0.2) is 4.79 Å². The molecule has 114 valence electrons. The highest BCUT2D eigenvalue weighted by Gasteiger charge is 2.23. The highest BCUT2D eigenvalue weighted by molar-refractivity contribution is 5.75. The van der Waals surface area contributed by atoms with Crippen LogP contribution in [0.25, 0.3) is 0 Å². The van der Waals surface area contributed by atoms with Crippen LogP contribution in [-0.2, 0) is 9.59 Å². The van der Waals surface area contributed by atoms with Crippen molar-refractivity contribution >= 4 is 17.9 Å². The van der Waals surface area contributed by atoms with Gasteiger partial charge in [0.05, 0.1) is 5.92 Å². The SMILES string of the molecule is CC(CCNC(=O)N1CCC(CC(N)=O)CC1)C(=O)O. The lowest BCUT2D eigenvalue weighted by Gasteiger charge is -2.31. The summed E-state index contributed by atoms with van der Waals surface area (Å²) in [6.07, 6.45) is 2.36. The minimum absolute atomic E-state index is 0.167. The smallest absolute Gasteiger partial charge is 0.317 e. The first-order chi connectivity index (χ1) is 9.40. The van der Waals surface area contributed by atoms with Gasteiger partial charge in [-0.1, -0.05) is 6.92 Å². The predicted molar refractivity (Wildman–Crippen MR) is 72.9 cm³/mol. The number of likely N-dealkylation sites (tertiary alicyclic amines) is 1. The molecule has 1 aliphatic heterocycles. The van der Waals surface area contributed by atoms with E-state index in [9.17, 15) is 14.4 Å². The van der Waals surface area contributed by atoms with Crippen molar-refractivity contribution in [2.45, 2.75) is 32.6 Å². The van der Waals surface area contributed by atoms with Crippen LogP contribution in [0.5, 0.6) is 0 Å². The van der Waals surface area contributed by atoms with Gasteiger partial charge in [-0.2, -0.15) is 0 Å². The van der Waals surface area contributed by atoms with Gasteiger partial charge in [0, 0.05) is 26.1 Å². The number of rotatable bonds is 6. The lowest BCUT2D eigenvalue weighted by molar-refractivity contribution is -0.141. The van der Waals surface area contributed by atoms with Crippen molar-refractivity contribution < 1.29 is 19.5 Å². The largest absolute Gasteiger partial charge is 0.481 e. The second kappa shape index (κ2) is 7.72. The van der Waals surface area contributed by atoms with Crippen LogP contribution in [0.4, 0.5) is 4.79 Å². The molecule has 1 heterocycles. The number of nitrogens with one attached hydrogen (secondary N) is 1. The number of carboxylic acid groups (broad SMARTS) is 1. The second-order valence-electron chi connectivity index (χ2n) is 5.36. The summed E-state index contributed by atoms with van der Waals surface area (Å²) in [6, 6.07) is -0.167. The Hall–Kier alpha value is -1.79. The van der Waals surface area contributed by atoms with E-state index in [0.717, 1.165) is 12.8 Å². The van der Waals surface area contributed by atoms with Crippen LogP contribution in [0.2, 0.25) is 0 Å². The number of hydrogen-bond donors (Lipinski definition) is 3. The molecule has 0 saturated carbocycles. The van der Waals surface area contributed by atoms with Gasteiger partial charge >= 0.3 is 12.0 Å². The molecule has 7 nitrogen and oxygen atoms in total. The standard InChI is InChI=1S/C13H23N3O4/c1-9(12(18)19)2-5-15-13(20)16-6-3-10(4-7-16)8-11(14)17/h9-10H,2-8H2,1H3,(H2,14,17)(H,15,20)(H,18,19). The van der Waals surface area contributed by atoms with E-state index >= 15 is 0 Å². The van der Waals surface area contributed by atoms with Crippen LogP contribution >= 0.6 is 0 Å².